The minimum atomic E-state index is -4.99. The number of halogens is 3. The van der Waals surface area contributed by atoms with Gasteiger partial charge in [0.25, 0.3) is 5.16 Å². The molecule has 0 atom stereocenters. The van der Waals surface area contributed by atoms with Crippen LogP contribution >= 0.6 is 0 Å². The molecule has 25 heavy (non-hydrogen) atoms. The molecule has 0 saturated heterocycles. The number of nitrogens with zero attached hydrogens (tertiary/aromatic N) is 4. The third-order valence-corrected chi connectivity index (χ3v) is 5.17. The van der Waals surface area contributed by atoms with Gasteiger partial charge in [-0.15, -0.1) is 9.19 Å². The molecule has 0 bridgehead atoms. The van der Waals surface area contributed by atoms with E-state index in [-0.39, 0.29) is 9.65 Å². The summed E-state index contributed by atoms with van der Waals surface area (Å²) in [4.78, 5) is 3.36. The third kappa shape index (κ3) is 3.81. The highest BCUT2D eigenvalue weighted by Gasteiger charge is 2.33. The molecule has 1 N–H and O–H groups in total. The first-order valence-electron chi connectivity index (χ1n) is 6.30. The van der Waals surface area contributed by atoms with E-state index in [1.807, 2.05) is 0 Å². The number of alkyl halides is 3. The molecule has 14 heteroatoms. The van der Waals surface area contributed by atoms with Crippen molar-refractivity contribution in [1.29, 1.82) is 0 Å². The average Bonchev–Trinajstić information content (AvgIpc) is 2.92. The van der Waals surface area contributed by atoms with E-state index in [9.17, 15) is 30.0 Å². The van der Waals surface area contributed by atoms with Crippen LogP contribution in [-0.2, 0) is 26.5 Å². The fourth-order valence-electron chi connectivity index (χ4n) is 1.72. The van der Waals surface area contributed by atoms with E-state index < -0.39 is 43.0 Å². The van der Waals surface area contributed by atoms with E-state index in [0.717, 1.165) is 32.3 Å². The normalized spacial score (nSPS) is 13.4. The number of aromatic nitrogens is 3. The topological polar surface area (TPSA) is 122 Å². The molecule has 0 fully saturated rings. The van der Waals surface area contributed by atoms with Gasteiger partial charge in [0, 0.05) is 19.7 Å². The summed E-state index contributed by atoms with van der Waals surface area (Å²) >= 11 is 0. The predicted molar refractivity (Wildman–Crippen MR) is 78.3 cm³/mol. The standard InChI is InChI=1S/C11H11F3N4O5S2/c1-17(2)25(22,23)18-9(15-10(16-18)24(19,20)21)7-4-3-5-8(6-7)11(12,13)14/h3-6H,1-2H3,(H,19,20,21). The minimum absolute atomic E-state index is 0.131. The minimum Gasteiger partial charge on any atom is -0.279 e. The molecule has 1 aromatic carbocycles. The SMILES string of the molecule is CN(C)S(=O)(=O)n1nc(S(=O)(=O)O)nc1-c1cccc(C(F)(F)F)c1. The Morgan fingerprint density at radius 3 is 2.24 bits per heavy atom. The molecule has 138 valence electrons. The van der Waals surface area contributed by atoms with Crippen LogP contribution in [0.3, 0.4) is 0 Å². The summed E-state index contributed by atoms with van der Waals surface area (Å²) in [5.41, 5.74) is -1.46. The molecule has 2 aromatic rings. The molecule has 0 amide bonds. The maximum absolute atomic E-state index is 12.8. The van der Waals surface area contributed by atoms with Crippen LogP contribution in [0.2, 0.25) is 0 Å². The molecule has 2 rings (SSSR count). The van der Waals surface area contributed by atoms with E-state index in [2.05, 4.69) is 10.1 Å². The van der Waals surface area contributed by atoms with Crippen molar-refractivity contribution in [3.8, 4) is 11.4 Å². The zero-order valence-electron chi connectivity index (χ0n) is 12.6. The van der Waals surface area contributed by atoms with E-state index in [1.165, 1.54) is 0 Å². The van der Waals surface area contributed by atoms with E-state index >= 15 is 0 Å². The Hall–Kier alpha value is -2.03. The summed E-state index contributed by atoms with van der Waals surface area (Å²) in [7, 11) is -7.21. The van der Waals surface area contributed by atoms with Gasteiger partial charge >= 0.3 is 26.5 Å². The Morgan fingerprint density at radius 1 is 1.16 bits per heavy atom. The van der Waals surface area contributed by atoms with Crippen molar-refractivity contribution in [1.82, 2.24) is 18.5 Å². The number of rotatable bonds is 4. The fraction of sp³-hybridized carbons (Fsp3) is 0.273. The lowest BCUT2D eigenvalue weighted by Crippen LogP contribution is -2.30. The molecular weight excluding hydrogens is 389 g/mol. The van der Waals surface area contributed by atoms with Crippen molar-refractivity contribution in [3.63, 3.8) is 0 Å². The predicted octanol–water partition coefficient (Wildman–Crippen LogP) is 0.865. The lowest BCUT2D eigenvalue weighted by Gasteiger charge is -2.13. The number of hydrogen-bond acceptors (Lipinski definition) is 6. The van der Waals surface area contributed by atoms with Crippen LogP contribution in [0.1, 0.15) is 5.56 Å². The molecule has 0 aliphatic heterocycles. The van der Waals surface area contributed by atoms with Gasteiger partial charge in [0.05, 0.1) is 5.56 Å². The zero-order valence-corrected chi connectivity index (χ0v) is 14.3. The van der Waals surface area contributed by atoms with Gasteiger partial charge in [-0.3, -0.25) is 4.55 Å². The molecule has 0 spiro atoms. The van der Waals surface area contributed by atoms with Crippen LogP contribution in [0.5, 0.6) is 0 Å². The van der Waals surface area contributed by atoms with Crippen LogP contribution < -0.4 is 0 Å². The first kappa shape index (κ1) is 19.3. The first-order valence-corrected chi connectivity index (χ1v) is 9.13. The molecular formula is C11H11F3N4O5S2. The van der Waals surface area contributed by atoms with Crippen LogP contribution in [-0.4, -0.2) is 54.0 Å². The van der Waals surface area contributed by atoms with Gasteiger partial charge in [-0.05, 0) is 12.1 Å². The van der Waals surface area contributed by atoms with Crippen LogP contribution in [0.4, 0.5) is 13.2 Å². The van der Waals surface area contributed by atoms with Crippen molar-refractivity contribution < 1.29 is 34.6 Å². The highest BCUT2D eigenvalue weighted by molar-refractivity contribution is 7.87. The molecule has 0 aliphatic rings. The van der Waals surface area contributed by atoms with Gasteiger partial charge < -0.3 is 0 Å². The van der Waals surface area contributed by atoms with Crippen molar-refractivity contribution in [2.45, 2.75) is 11.3 Å². The van der Waals surface area contributed by atoms with Crippen LogP contribution in [0.25, 0.3) is 11.4 Å². The summed E-state index contributed by atoms with van der Waals surface area (Å²) in [6, 6.07) is 3.41. The number of benzene rings is 1. The lowest BCUT2D eigenvalue weighted by molar-refractivity contribution is -0.137. The van der Waals surface area contributed by atoms with Crippen molar-refractivity contribution in [3.05, 3.63) is 29.8 Å². The second-order valence-electron chi connectivity index (χ2n) is 4.90. The Balaban J connectivity index is 2.80. The zero-order chi connectivity index (χ0) is 19.2. The smallest absolute Gasteiger partial charge is 0.279 e. The Kier molecular flexibility index (Phi) is 4.67. The van der Waals surface area contributed by atoms with E-state index in [1.54, 1.807) is 0 Å². The second-order valence-corrected chi connectivity index (χ2v) is 8.19. The number of hydrogen-bond donors (Lipinski definition) is 1. The first-order chi connectivity index (χ1) is 11.2. The molecule has 0 radical (unpaired) electrons. The van der Waals surface area contributed by atoms with Crippen molar-refractivity contribution >= 4 is 20.3 Å². The summed E-state index contributed by atoms with van der Waals surface area (Å²) < 4.78 is 95.1. The van der Waals surface area contributed by atoms with Gasteiger partial charge in [-0.1, -0.05) is 12.1 Å². The van der Waals surface area contributed by atoms with Crippen molar-refractivity contribution in [2.24, 2.45) is 0 Å². The summed E-state index contributed by atoms with van der Waals surface area (Å²) in [5, 5.41) is 1.94. The molecule has 9 nitrogen and oxygen atoms in total. The maximum Gasteiger partial charge on any atom is 0.416 e. The molecule has 0 unspecified atom stereocenters. The lowest BCUT2D eigenvalue weighted by atomic mass is 10.1. The second kappa shape index (κ2) is 6.05. The van der Waals surface area contributed by atoms with Crippen LogP contribution in [0, 0.1) is 0 Å². The Morgan fingerprint density at radius 2 is 1.76 bits per heavy atom. The third-order valence-electron chi connectivity index (χ3n) is 2.92. The molecule has 0 saturated carbocycles. The van der Waals surface area contributed by atoms with E-state index in [4.69, 9.17) is 4.55 Å². The van der Waals surface area contributed by atoms with Gasteiger partial charge in [0.2, 0.25) is 0 Å². The molecule has 1 aromatic heterocycles. The Bertz CT molecular complexity index is 1010. The van der Waals surface area contributed by atoms with Gasteiger partial charge in [0.15, 0.2) is 5.82 Å². The molecule has 1 heterocycles. The van der Waals surface area contributed by atoms with Gasteiger partial charge in [-0.25, -0.2) is 0 Å². The van der Waals surface area contributed by atoms with Crippen molar-refractivity contribution in [2.75, 3.05) is 14.1 Å². The van der Waals surface area contributed by atoms with Gasteiger partial charge in [0.1, 0.15) is 0 Å². The monoisotopic (exact) mass is 400 g/mol. The van der Waals surface area contributed by atoms with Crippen LogP contribution in [0.15, 0.2) is 29.4 Å². The highest BCUT2D eigenvalue weighted by atomic mass is 32.2. The summed E-state index contributed by atoms with van der Waals surface area (Å²) in [6.07, 6.45) is -4.72. The Labute approximate surface area is 140 Å². The highest BCUT2D eigenvalue weighted by Crippen LogP contribution is 2.32. The fourth-order valence-corrected chi connectivity index (χ4v) is 3.01. The molecule has 0 aliphatic carbocycles. The summed E-state index contributed by atoms with van der Waals surface area (Å²) in [5.74, 6) is -0.701. The van der Waals surface area contributed by atoms with Gasteiger partial charge in [-0.2, -0.15) is 39.3 Å². The largest absolute Gasteiger partial charge is 0.416 e. The average molecular weight is 400 g/mol. The van der Waals surface area contributed by atoms with E-state index in [0.29, 0.717) is 10.4 Å². The maximum atomic E-state index is 12.8. The summed E-state index contributed by atoms with van der Waals surface area (Å²) in [6.45, 7) is 0. The quantitative estimate of drug-likeness (QED) is 0.756.